The molecule has 0 atom stereocenters. The van der Waals surface area contributed by atoms with Gasteiger partial charge < -0.3 is 4.90 Å². The number of allylic oxidation sites excluding steroid dienone is 3. The Labute approximate surface area is 184 Å². The molecule has 2 aromatic heterocycles. The van der Waals surface area contributed by atoms with Gasteiger partial charge in [0.1, 0.15) is 11.2 Å². The van der Waals surface area contributed by atoms with Crippen LogP contribution in [0.1, 0.15) is 31.3 Å². The van der Waals surface area contributed by atoms with Crippen LogP contribution in [0.4, 0.5) is 5.69 Å². The molecule has 154 valence electrons. The second kappa shape index (κ2) is 8.98. The average molecular weight is 437 g/mol. The van der Waals surface area contributed by atoms with Gasteiger partial charge in [-0.25, -0.2) is 0 Å². The van der Waals surface area contributed by atoms with Crippen molar-refractivity contribution in [2.45, 2.75) is 33.9 Å². The predicted octanol–water partition coefficient (Wildman–Crippen LogP) is 3.35. The van der Waals surface area contributed by atoms with Gasteiger partial charge in [-0.1, -0.05) is 35.6 Å². The highest BCUT2D eigenvalue weighted by Crippen LogP contribution is 2.32. The van der Waals surface area contributed by atoms with Crippen LogP contribution in [-0.2, 0) is 13.1 Å². The van der Waals surface area contributed by atoms with Gasteiger partial charge in [-0.05, 0) is 44.6 Å². The summed E-state index contributed by atoms with van der Waals surface area (Å²) in [6, 6.07) is 8.41. The topological polar surface area (TPSA) is 29.1 Å². The Bertz CT molecular complexity index is 1290. The van der Waals surface area contributed by atoms with Crippen molar-refractivity contribution in [1.29, 1.82) is 0 Å². The van der Waals surface area contributed by atoms with E-state index >= 15 is 0 Å². The maximum atomic E-state index is 13.0. The molecular weight excluding hydrogens is 410 g/mol. The summed E-state index contributed by atoms with van der Waals surface area (Å²) in [7, 11) is 0. The first-order valence-corrected chi connectivity index (χ1v) is 12.0. The molecule has 0 saturated heterocycles. The van der Waals surface area contributed by atoms with Crippen LogP contribution in [0.15, 0.2) is 59.0 Å². The summed E-state index contributed by atoms with van der Waals surface area (Å²) in [5.41, 5.74) is 3.60. The van der Waals surface area contributed by atoms with Crippen molar-refractivity contribution in [1.82, 2.24) is 4.57 Å². The van der Waals surface area contributed by atoms with E-state index in [-0.39, 0.29) is 5.56 Å². The minimum Gasteiger partial charge on any atom is -0.348 e. The van der Waals surface area contributed by atoms with E-state index in [2.05, 4.69) is 83.6 Å². The largest absolute Gasteiger partial charge is 0.348 e. The molecule has 0 aliphatic carbocycles. The second-order valence-corrected chi connectivity index (χ2v) is 8.92. The third-order valence-electron chi connectivity index (χ3n) is 5.27. The Balaban J connectivity index is 1.81. The number of para-hydroxylation sites is 1. The first-order valence-electron chi connectivity index (χ1n) is 10.3. The van der Waals surface area contributed by atoms with Crippen molar-refractivity contribution >= 4 is 46.1 Å². The summed E-state index contributed by atoms with van der Waals surface area (Å²) in [5, 5.41) is 3.25. The maximum Gasteiger partial charge on any atom is 0.269 e. The number of benzene rings is 1. The molecule has 0 fully saturated rings. The van der Waals surface area contributed by atoms with Crippen molar-refractivity contribution in [3.63, 3.8) is 0 Å². The molecule has 0 amide bonds. The second-order valence-electron chi connectivity index (χ2n) is 6.93. The molecular formula is C24H26N3OS2+. The lowest BCUT2D eigenvalue weighted by Gasteiger charge is -2.26. The zero-order valence-corrected chi connectivity index (χ0v) is 19.2. The molecule has 4 rings (SSSR count). The highest BCUT2D eigenvalue weighted by molar-refractivity contribution is 7.10. The van der Waals surface area contributed by atoms with E-state index in [0.717, 1.165) is 32.9 Å². The smallest absolute Gasteiger partial charge is 0.269 e. The monoisotopic (exact) mass is 436 g/mol. The molecule has 0 N–H and O–H groups in total. The Morgan fingerprint density at radius 3 is 2.70 bits per heavy atom. The fourth-order valence-electron chi connectivity index (χ4n) is 3.65. The number of nitrogens with zero attached hydrogens (tertiary/aromatic N) is 3. The molecule has 4 nitrogen and oxygen atoms in total. The Kier molecular flexibility index (Phi) is 6.16. The van der Waals surface area contributed by atoms with Gasteiger partial charge in [-0.2, -0.15) is 4.57 Å². The molecule has 0 spiro atoms. The summed E-state index contributed by atoms with van der Waals surface area (Å²) in [6.07, 6.45) is 12.5. The molecule has 30 heavy (non-hydrogen) atoms. The van der Waals surface area contributed by atoms with Crippen LogP contribution < -0.4 is 24.2 Å². The lowest BCUT2D eigenvalue weighted by atomic mass is 9.99. The molecule has 1 aliphatic heterocycles. The van der Waals surface area contributed by atoms with E-state index in [1.165, 1.54) is 11.3 Å². The van der Waals surface area contributed by atoms with E-state index in [1.807, 2.05) is 17.6 Å². The lowest BCUT2D eigenvalue weighted by Crippen LogP contribution is -2.34. The fourth-order valence-corrected chi connectivity index (χ4v) is 5.63. The summed E-state index contributed by atoms with van der Waals surface area (Å²) >= 11 is 3.25. The van der Waals surface area contributed by atoms with Crippen molar-refractivity contribution in [2.75, 3.05) is 11.4 Å². The highest BCUT2D eigenvalue weighted by Gasteiger charge is 2.14. The third kappa shape index (κ3) is 3.85. The van der Waals surface area contributed by atoms with Crippen LogP contribution in [-0.4, -0.2) is 11.1 Å². The van der Waals surface area contributed by atoms with Crippen LogP contribution in [0.2, 0.25) is 0 Å². The highest BCUT2D eigenvalue weighted by atomic mass is 32.1. The number of rotatable bonds is 5. The number of aryl methyl sites for hydroxylation is 1. The van der Waals surface area contributed by atoms with Crippen LogP contribution in [0, 0.1) is 0 Å². The van der Waals surface area contributed by atoms with Gasteiger partial charge in [0.15, 0.2) is 6.20 Å². The van der Waals surface area contributed by atoms with Gasteiger partial charge in [0, 0.05) is 30.5 Å². The Morgan fingerprint density at radius 2 is 1.93 bits per heavy atom. The molecule has 1 aromatic carbocycles. The summed E-state index contributed by atoms with van der Waals surface area (Å²) in [5.74, 6) is 0. The van der Waals surface area contributed by atoms with Crippen molar-refractivity contribution in [3.8, 4) is 0 Å². The normalized spacial score (nSPS) is 16.0. The van der Waals surface area contributed by atoms with Crippen molar-refractivity contribution < 1.29 is 4.57 Å². The SMILES string of the molecule is CCN1C=C/C(=C\C=c2\s/c(=C\c3scc[n+]3CC)n(CC)c2=O)c2ccccc21. The molecule has 1 aliphatic rings. The van der Waals surface area contributed by atoms with Gasteiger partial charge in [0.25, 0.3) is 10.6 Å². The molecule has 3 heterocycles. The first kappa shape index (κ1) is 20.6. The Morgan fingerprint density at radius 1 is 1.10 bits per heavy atom. The number of fused-ring (bicyclic) bond motifs is 1. The number of aromatic nitrogens is 2. The molecule has 0 bridgehead atoms. The van der Waals surface area contributed by atoms with E-state index in [9.17, 15) is 4.79 Å². The minimum atomic E-state index is 0.0773. The van der Waals surface area contributed by atoms with Crippen LogP contribution in [0.25, 0.3) is 17.7 Å². The molecule has 0 unspecified atom stereocenters. The van der Waals surface area contributed by atoms with Crippen molar-refractivity contribution in [2.24, 2.45) is 0 Å². The number of thiazole rings is 2. The van der Waals surface area contributed by atoms with Gasteiger partial charge in [0.05, 0.1) is 16.0 Å². The number of anilines is 1. The van der Waals surface area contributed by atoms with Gasteiger partial charge in [0.2, 0.25) is 0 Å². The van der Waals surface area contributed by atoms with Crippen LogP contribution in [0.5, 0.6) is 0 Å². The van der Waals surface area contributed by atoms with Gasteiger partial charge in [-0.15, -0.1) is 11.3 Å². The molecule has 0 radical (unpaired) electrons. The Hall–Kier alpha value is -2.70. The van der Waals surface area contributed by atoms with Gasteiger partial charge in [-0.3, -0.25) is 9.36 Å². The standard InChI is InChI=1S/C24H26N3OS2/c1-4-25-14-13-18(19-9-7-8-10-20(19)25)11-12-21-24(28)27(6-3)23(30-21)17-22-26(5-2)15-16-29-22/h7-17H,4-6H2,1-3H3/q+1/b18-11+,21-12+. The zero-order chi connectivity index (χ0) is 21.1. The molecule has 6 heteroatoms. The summed E-state index contributed by atoms with van der Waals surface area (Å²) in [6.45, 7) is 8.81. The van der Waals surface area contributed by atoms with E-state index in [1.54, 1.807) is 22.7 Å². The van der Waals surface area contributed by atoms with E-state index in [0.29, 0.717) is 6.54 Å². The quantitative estimate of drug-likeness (QED) is 0.574. The zero-order valence-electron chi connectivity index (χ0n) is 17.5. The number of hydrogen-bond acceptors (Lipinski definition) is 4. The fraction of sp³-hybridized carbons (Fsp3) is 0.250. The van der Waals surface area contributed by atoms with Crippen molar-refractivity contribution in [3.05, 3.63) is 84.3 Å². The predicted molar refractivity (Wildman–Crippen MR) is 128 cm³/mol. The van der Waals surface area contributed by atoms with Crippen LogP contribution in [0.3, 0.4) is 0 Å². The van der Waals surface area contributed by atoms with E-state index < -0.39 is 0 Å². The minimum absolute atomic E-state index is 0.0773. The summed E-state index contributed by atoms with van der Waals surface area (Å²) in [4.78, 5) is 15.2. The average Bonchev–Trinajstić information content (AvgIpc) is 3.35. The third-order valence-corrected chi connectivity index (χ3v) is 7.20. The van der Waals surface area contributed by atoms with Gasteiger partial charge >= 0.3 is 0 Å². The van der Waals surface area contributed by atoms with E-state index in [4.69, 9.17) is 0 Å². The molecule has 3 aromatic rings. The molecule has 0 saturated carbocycles. The van der Waals surface area contributed by atoms with Crippen LogP contribution >= 0.6 is 22.7 Å². The lowest BCUT2D eigenvalue weighted by molar-refractivity contribution is -0.690. The number of hydrogen-bond donors (Lipinski definition) is 0. The summed E-state index contributed by atoms with van der Waals surface area (Å²) < 4.78 is 5.81. The first-order chi connectivity index (χ1) is 14.7. The maximum absolute atomic E-state index is 13.0.